The molecule has 0 atom stereocenters. The van der Waals surface area contributed by atoms with E-state index in [1.54, 1.807) is 0 Å². The van der Waals surface area contributed by atoms with E-state index >= 15 is 0 Å². The van der Waals surface area contributed by atoms with Crippen LogP contribution in [0.15, 0.2) is 65.4 Å². The van der Waals surface area contributed by atoms with Gasteiger partial charge in [0.25, 0.3) is 5.91 Å². The first-order chi connectivity index (χ1) is 12.7. The number of oxazole rings is 1. The molecule has 1 aliphatic rings. The first-order valence-corrected chi connectivity index (χ1v) is 8.82. The van der Waals surface area contributed by atoms with Crippen molar-refractivity contribution in [3.05, 3.63) is 72.3 Å². The zero-order valence-electron chi connectivity index (χ0n) is 14.8. The van der Waals surface area contributed by atoms with Crippen LogP contribution in [-0.4, -0.2) is 42.0 Å². The summed E-state index contributed by atoms with van der Waals surface area (Å²) in [6.07, 6.45) is 1.35. The summed E-state index contributed by atoms with van der Waals surface area (Å²) in [6, 6.07) is 18.1. The number of rotatable bonds is 3. The van der Waals surface area contributed by atoms with Crippen molar-refractivity contribution in [2.75, 3.05) is 31.1 Å². The maximum Gasteiger partial charge on any atom is 0.292 e. The summed E-state index contributed by atoms with van der Waals surface area (Å²) in [5, 5.41) is 0. The minimum Gasteiger partial charge on any atom is -0.438 e. The Balaban J connectivity index is 1.47. The van der Waals surface area contributed by atoms with Gasteiger partial charge in [-0.25, -0.2) is 4.98 Å². The lowest BCUT2D eigenvalue weighted by Gasteiger charge is -2.35. The van der Waals surface area contributed by atoms with Crippen molar-refractivity contribution >= 4 is 11.6 Å². The monoisotopic (exact) mass is 347 g/mol. The van der Waals surface area contributed by atoms with E-state index in [0.717, 1.165) is 18.7 Å². The predicted molar refractivity (Wildman–Crippen MR) is 101 cm³/mol. The van der Waals surface area contributed by atoms with Gasteiger partial charge < -0.3 is 14.2 Å². The van der Waals surface area contributed by atoms with Crippen LogP contribution in [0.4, 0.5) is 5.69 Å². The highest BCUT2D eigenvalue weighted by atomic mass is 16.3. The van der Waals surface area contributed by atoms with Gasteiger partial charge in [0.15, 0.2) is 6.39 Å². The topological polar surface area (TPSA) is 49.6 Å². The van der Waals surface area contributed by atoms with E-state index in [9.17, 15) is 4.79 Å². The molecular formula is C21H21N3O2. The molecule has 0 saturated carbocycles. The smallest absolute Gasteiger partial charge is 0.292 e. The van der Waals surface area contributed by atoms with Crippen LogP contribution in [0.1, 0.15) is 16.1 Å². The molecule has 4 rings (SSSR count). The molecule has 0 N–H and O–H groups in total. The summed E-state index contributed by atoms with van der Waals surface area (Å²) in [7, 11) is 0. The van der Waals surface area contributed by atoms with E-state index in [1.807, 2.05) is 35.2 Å². The summed E-state index contributed by atoms with van der Waals surface area (Å²) in [6.45, 7) is 5.05. The average molecular weight is 347 g/mol. The fourth-order valence-electron chi connectivity index (χ4n) is 3.34. The van der Waals surface area contributed by atoms with E-state index in [0.29, 0.717) is 24.5 Å². The number of nitrogens with zero attached hydrogens (tertiary/aromatic N) is 3. The van der Waals surface area contributed by atoms with E-state index in [4.69, 9.17) is 4.42 Å². The molecule has 0 unspecified atom stereocenters. The third-order valence-corrected chi connectivity index (χ3v) is 4.74. The molecular weight excluding hydrogens is 326 g/mol. The maximum absolute atomic E-state index is 12.9. The predicted octanol–water partition coefficient (Wildman–Crippen LogP) is 3.61. The largest absolute Gasteiger partial charge is 0.438 e. The molecule has 5 heteroatoms. The van der Waals surface area contributed by atoms with Gasteiger partial charge in [-0.15, -0.1) is 0 Å². The zero-order valence-corrected chi connectivity index (χ0v) is 14.8. The lowest BCUT2D eigenvalue weighted by molar-refractivity contribution is 0.0716. The van der Waals surface area contributed by atoms with E-state index in [1.165, 1.54) is 17.6 Å². The van der Waals surface area contributed by atoms with Crippen LogP contribution >= 0.6 is 0 Å². The highest BCUT2D eigenvalue weighted by Gasteiger charge is 2.27. The molecule has 0 radical (unpaired) electrons. The standard InChI is InChI=1S/C21H21N3O2/c1-16-6-5-9-18(14-16)23-10-12-24(13-11-23)21(25)20-19(22-15-26-20)17-7-3-2-4-8-17/h2-9,14-15H,10-13H2,1H3. The number of hydrogen-bond acceptors (Lipinski definition) is 4. The van der Waals surface area contributed by atoms with Crippen molar-refractivity contribution in [3.63, 3.8) is 0 Å². The van der Waals surface area contributed by atoms with E-state index < -0.39 is 0 Å². The normalized spacial score (nSPS) is 14.5. The van der Waals surface area contributed by atoms with Crippen LogP contribution in [0.3, 0.4) is 0 Å². The summed E-state index contributed by atoms with van der Waals surface area (Å²) >= 11 is 0. The van der Waals surface area contributed by atoms with Crippen LogP contribution in [0.5, 0.6) is 0 Å². The molecule has 0 spiro atoms. The lowest BCUT2D eigenvalue weighted by Crippen LogP contribution is -2.48. The van der Waals surface area contributed by atoms with Crippen molar-refractivity contribution in [2.24, 2.45) is 0 Å². The summed E-state index contributed by atoms with van der Waals surface area (Å²) in [5.41, 5.74) is 3.96. The van der Waals surface area contributed by atoms with Gasteiger partial charge in [0.1, 0.15) is 5.69 Å². The van der Waals surface area contributed by atoms with Crippen molar-refractivity contribution in [1.29, 1.82) is 0 Å². The quantitative estimate of drug-likeness (QED) is 0.726. The van der Waals surface area contributed by atoms with Gasteiger partial charge in [-0.05, 0) is 24.6 Å². The fraction of sp³-hybridized carbons (Fsp3) is 0.238. The number of amides is 1. The Morgan fingerprint density at radius 3 is 2.50 bits per heavy atom. The number of carbonyl (C=O) groups is 1. The number of benzene rings is 2. The van der Waals surface area contributed by atoms with Crippen LogP contribution in [0, 0.1) is 6.92 Å². The van der Waals surface area contributed by atoms with Gasteiger partial charge in [-0.2, -0.15) is 0 Å². The van der Waals surface area contributed by atoms with Crippen molar-refractivity contribution < 1.29 is 9.21 Å². The first-order valence-electron chi connectivity index (χ1n) is 8.82. The SMILES string of the molecule is Cc1cccc(N2CCN(C(=O)c3ocnc3-c3ccccc3)CC2)c1. The van der Waals surface area contributed by atoms with Crippen LogP contribution in [0.2, 0.25) is 0 Å². The summed E-state index contributed by atoms with van der Waals surface area (Å²) < 4.78 is 5.45. The van der Waals surface area contributed by atoms with E-state index in [-0.39, 0.29) is 5.91 Å². The van der Waals surface area contributed by atoms with Crippen LogP contribution in [0.25, 0.3) is 11.3 Å². The van der Waals surface area contributed by atoms with Crippen molar-refractivity contribution in [3.8, 4) is 11.3 Å². The average Bonchev–Trinajstić information content (AvgIpc) is 3.18. The third kappa shape index (κ3) is 3.20. The first kappa shape index (κ1) is 16.4. The number of anilines is 1. The molecule has 1 fully saturated rings. The summed E-state index contributed by atoms with van der Waals surface area (Å²) in [4.78, 5) is 21.3. The molecule has 3 aromatic rings. The molecule has 26 heavy (non-hydrogen) atoms. The molecule has 1 saturated heterocycles. The Bertz CT molecular complexity index is 896. The Kier molecular flexibility index (Phi) is 4.44. The van der Waals surface area contributed by atoms with Crippen molar-refractivity contribution in [2.45, 2.75) is 6.92 Å². The fourth-order valence-corrected chi connectivity index (χ4v) is 3.34. The van der Waals surface area contributed by atoms with Gasteiger partial charge in [0.2, 0.25) is 5.76 Å². The van der Waals surface area contributed by atoms with Crippen LogP contribution in [-0.2, 0) is 0 Å². The highest BCUT2D eigenvalue weighted by molar-refractivity contribution is 5.97. The van der Waals surface area contributed by atoms with Gasteiger partial charge in [-0.3, -0.25) is 4.79 Å². The minimum atomic E-state index is -0.0924. The Morgan fingerprint density at radius 2 is 1.77 bits per heavy atom. The molecule has 1 amide bonds. The van der Waals surface area contributed by atoms with Gasteiger partial charge in [-0.1, -0.05) is 42.5 Å². The Labute approximate surface area is 152 Å². The van der Waals surface area contributed by atoms with Crippen LogP contribution < -0.4 is 4.90 Å². The second-order valence-corrected chi connectivity index (χ2v) is 6.51. The molecule has 0 aliphatic carbocycles. The zero-order chi connectivity index (χ0) is 17.9. The molecule has 2 heterocycles. The molecule has 132 valence electrons. The maximum atomic E-state index is 12.9. The second kappa shape index (κ2) is 7.04. The number of carbonyl (C=O) groups excluding carboxylic acids is 1. The number of hydrogen-bond donors (Lipinski definition) is 0. The second-order valence-electron chi connectivity index (χ2n) is 6.51. The summed E-state index contributed by atoms with van der Waals surface area (Å²) in [5.74, 6) is 0.227. The molecule has 1 aliphatic heterocycles. The van der Waals surface area contributed by atoms with E-state index in [2.05, 4.69) is 41.1 Å². The number of piperazine rings is 1. The highest BCUT2D eigenvalue weighted by Crippen LogP contribution is 2.24. The minimum absolute atomic E-state index is 0.0924. The molecule has 5 nitrogen and oxygen atoms in total. The Hall–Kier alpha value is -3.08. The Morgan fingerprint density at radius 1 is 1.00 bits per heavy atom. The molecule has 0 bridgehead atoms. The van der Waals surface area contributed by atoms with Gasteiger partial charge >= 0.3 is 0 Å². The number of aromatic nitrogens is 1. The third-order valence-electron chi connectivity index (χ3n) is 4.74. The lowest BCUT2D eigenvalue weighted by atomic mass is 10.1. The number of aryl methyl sites for hydroxylation is 1. The van der Waals surface area contributed by atoms with Gasteiger partial charge in [0, 0.05) is 37.4 Å². The van der Waals surface area contributed by atoms with Crippen molar-refractivity contribution in [1.82, 2.24) is 9.88 Å². The molecule has 2 aromatic carbocycles. The van der Waals surface area contributed by atoms with Gasteiger partial charge in [0.05, 0.1) is 0 Å². The molecule has 1 aromatic heterocycles.